The van der Waals surface area contributed by atoms with Crippen molar-refractivity contribution >= 4 is 29.5 Å². The van der Waals surface area contributed by atoms with Crippen LogP contribution in [0, 0.1) is 10.1 Å². The molecular weight excluding hydrogens is 406 g/mol. The molecule has 0 heterocycles. The van der Waals surface area contributed by atoms with Crippen LogP contribution in [0.15, 0.2) is 54.1 Å². The minimum atomic E-state index is -0.843. The van der Waals surface area contributed by atoms with Crippen LogP contribution >= 0.6 is 0 Å². The Labute approximate surface area is 178 Å². The van der Waals surface area contributed by atoms with E-state index < -0.39 is 29.3 Å². The Morgan fingerprint density at radius 1 is 1.03 bits per heavy atom. The Balaban J connectivity index is 2.25. The van der Waals surface area contributed by atoms with Crippen molar-refractivity contribution in [1.29, 1.82) is 0 Å². The fraction of sp³-hybridized carbons (Fsp3) is 0.227. The van der Waals surface area contributed by atoms with Crippen LogP contribution < -0.4 is 4.74 Å². The van der Waals surface area contributed by atoms with Crippen LogP contribution in [0.2, 0.25) is 0 Å². The van der Waals surface area contributed by atoms with Crippen LogP contribution in [0.1, 0.15) is 25.0 Å². The predicted octanol–water partition coefficient (Wildman–Crippen LogP) is 3.25. The minimum absolute atomic E-state index is 0.0301. The zero-order valence-electron chi connectivity index (χ0n) is 17.0. The third kappa shape index (κ3) is 7.07. The van der Waals surface area contributed by atoms with Crippen molar-refractivity contribution in [3.8, 4) is 5.75 Å². The molecule has 2 rings (SSSR count). The number of ketones is 1. The lowest BCUT2D eigenvalue weighted by Gasteiger charge is -2.11. The molecule has 0 aromatic heterocycles. The summed E-state index contributed by atoms with van der Waals surface area (Å²) in [6.45, 7) is 2.34. The molecule has 31 heavy (non-hydrogen) atoms. The van der Waals surface area contributed by atoms with E-state index in [2.05, 4.69) is 0 Å². The molecule has 162 valence electrons. The second kappa shape index (κ2) is 11.2. The lowest BCUT2D eigenvalue weighted by atomic mass is 10.1. The van der Waals surface area contributed by atoms with Gasteiger partial charge >= 0.3 is 11.9 Å². The van der Waals surface area contributed by atoms with E-state index >= 15 is 0 Å². The van der Waals surface area contributed by atoms with Gasteiger partial charge in [0.05, 0.1) is 11.5 Å². The number of carbonyl (C=O) groups excluding carboxylic acids is 3. The van der Waals surface area contributed by atoms with Crippen LogP contribution in [-0.4, -0.2) is 35.9 Å². The van der Waals surface area contributed by atoms with Gasteiger partial charge in [-0.05, 0) is 36.8 Å². The van der Waals surface area contributed by atoms with Crippen molar-refractivity contribution in [1.82, 2.24) is 0 Å². The number of carbonyl (C=O) groups is 3. The van der Waals surface area contributed by atoms with Gasteiger partial charge in [0.15, 0.2) is 6.61 Å². The lowest BCUT2D eigenvalue weighted by Crippen LogP contribution is -2.21. The monoisotopic (exact) mass is 427 g/mol. The van der Waals surface area contributed by atoms with E-state index in [1.165, 1.54) is 18.2 Å². The van der Waals surface area contributed by atoms with Crippen LogP contribution in [0.4, 0.5) is 5.69 Å². The van der Waals surface area contributed by atoms with Crippen LogP contribution in [0.5, 0.6) is 5.75 Å². The van der Waals surface area contributed by atoms with Crippen LogP contribution in [0.3, 0.4) is 0 Å². The van der Waals surface area contributed by atoms with Crippen LogP contribution in [0.25, 0.3) is 6.08 Å². The zero-order valence-corrected chi connectivity index (χ0v) is 17.0. The first-order chi connectivity index (χ1) is 14.8. The largest absolute Gasteiger partial charge is 0.488 e. The number of nitro groups is 1. The van der Waals surface area contributed by atoms with Crippen molar-refractivity contribution in [2.75, 3.05) is 13.2 Å². The number of benzene rings is 2. The summed E-state index contributed by atoms with van der Waals surface area (Å²) in [6, 6.07) is 12.6. The van der Waals surface area contributed by atoms with Crippen molar-refractivity contribution in [2.45, 2.75) is 20.5 Å². The molecule has 2 aromatic carbocycles. The molecule has 0 spiro atoms. The summed E-state index contributed by atoms with van der Waals surface area (Å²) >= 11 is 0. The third-order valence-corrected chi connectivity index (χ3v) is 3.96. The van der Waals surface area contributed by atoms with Crippen molar-refractivity contribution in [3.63, 3.8) is 0 Å². The predicted molar refractivity (Wildman–Crippen MR) is 110 cm³/mol. The van der Waals surface area contributed by atoms with E-state index in [0.29, 0.717) is 16.9 Å². The van der Waals surface area contributed by atoms with E-state index in [0.717, 1.165) is 6.92 Å². The maximum absolute atomic E-state index is 12.4. The number of ether oxygens (including phenoxy) is 3. The molecular formula is C22H21NO8. The number of para-hydroxylation sites is 1. The molecule has 9 nitrogen and oxygen atoms in total. The lowest BCUT2D eigenvalue weighted by molar-refractivity contribution is -0.384. The fourth-order valence-electron chi connectivity index (χ4n) is 2.47. The van der Waals surface area contributed by atoms with Gasteiger partial charge in [-0.15, -0.1) is 0 Å². The summed E-state index contributed by atoms with van der Waals surface area (Å²) in [6.07, 6.45) is 1.31. The maximum atomic E-state index is 12.4. The first kappa shape index (κ1) is 23.3. The average Bonchev–Trinajstić information content (AvgIpc) is 2.75. The zero-order chi connectivity index (χ0) is 22.8. The molecule has 0 atom stereocenters. The first-order valence-corrected chi connectivity index (χ1v) is 9.32. The number of non-ortho nitro benzene ring substituents is 1. The number of rotatable bonds is 10. The van der Waals surface area contributed by atoms with Crippen molar-refractivity contribution < 1.29 is 33.5 Å². The molecule has 0 amide bonds. The first-order valence-electron chi connectivity index (χ1n) is 9.32. The summed E-state index contributed by atoms with van der Waals surface area (Å²) in [7, 11) is 0. The summed E-state index contributed by atoms with van der Waals surface area (Å²) in [5, 5.41) is 10.8. The third-order valence-electron chi connectivity index (χ3n) is 3.96. The molecule has 0 N–H and O–H groups in total. The minimum Gasteiger partial charge on any atom is -0.488 e. The van der Waals surface area contributed by atoms with Gasteiger partial charge in [0, 0.05) is 24.6 Å². The smallest absolute Gasteiger partial charge is 0.341 e. The van der Waals surface area contributed by atoms with Crippen molar-refractivity contribution in [2.24, 2.45) is 0 Å². The van der Waals surface area contributed by atoms with Gasteiger partial charge < -0.3 is 14.2 Å². The molecule has 0 saturated heterocycles. The molecule has 9 heteroatoms. The average molecular weight is 427 g/mol. The molecule has 0 fully saturated rings. The highest BCUT2D eigenvalue weighted by atomic mass is 16.6. The highest BCUT2D eigenvalue weighted by molar-refractivity contribution is 6.21. The van der Waals surface area contributed by atoms with Gasteiger partial charge in [-0.3, -0.25) is 19.7 Å². The number of Topliss-reactive ketones (excluding diaryl/α,β-unsaturated/α-hetero) is 1. The number of hydrogen-bond acceptors (Lipinski definition) is 8. The van der Waals surface area contributed by atoms with Gasteiger partial charge in [0.2, 0.25) is 5.78 Å². The SMILES string of the molecule is CCOC(=O)C(=Cc1ccccc1OCc1ccc([N+](=O)[O-])cc1)C(=O)COC(C)=O. The maximum Gasteiger partial charge on any atom is 0.341 e. The second-order valence-corrected chi connectivity index (χ2v) is 6.23. The standard InChI is InChI=1S/C22H21NO8/c1-3-29-22(26)19(20(25)14-30-15(2)24)12-17-6-4-5-7-21(17)31-13-16-8-10-18(11-9-16)23(27)28/h4-12H,3,13-14H2,1-2H3. The molecule has 0 saturated carbocycles. The Morgan fingerprint density at radius 3 is 2.32 bits per heavy atom. The quantitative estimate of drug-likeness (QED) is 0.141. The highest BCUT2D eigenvalue weighted by Gasteiger charge is 2.21. The van der Waals surface area contributed by atoms with Gasteiger partial charge in [0.1, 0.15) is 17.9 Å². The number of hydrogen-bond donors (Lipinski definition) is 0. The number of nitrogens with zero attached hydrogens (tertiary/aromatic N) is 1. The molecule has 0 aliphatic rings. The number of esters is 2. The Morgan fingerprint density at radius 2 is 1.71 bits per heavy atom. The molecule has 0 aliphatic heterocycles. The van der Waals surface area contributed by atoms with E-state index in [-0.39, 0.29) is 24.5 Å². The summed E-state index contributed by atoms with van der Waals surface area (Å²) < 4.78 is 15.4. The van der Waals surface area contributed by atoms with Crippen LogP contribution in [-0.2, 0) is 30.5 Å². The van der Waals surface area contributed by atoms with Gasteiger partial charge in [-0.25, -0.2) is 4.79 Å². The van der Waals surface area contributed by atoms with E-state index in [1.807, 2.05) is 0 Å². The Bertz CT molecular complexity index is 995. The van der Waals surface area contributed by atoms with E-state index in [9.17, 15) is 24.5 Å². The van der Waals surface area contributed by atoms with Gasteiger partial charge in [-0.1, -0.05) is 18.2 Å². The van der Waals surface area contributed by atoms with E-state index in [1.54, 1.807) is 43.3 Å². The normalized spacial score (nSPS) is 10.8. The highest BCUT2D eigenvalue weighted by Crippen LogP contribution is 2.23. The fourth-order valence-corrected chi connectivity index (χ4v) is 2.47. The van der Waals surface area contributed by atoms with Crippen molar-refractivity contribution in [3.05, 3.63) is 75.3 Å². The molecule has 2 aromatic rings. The topological polar surface area (TPSA) is 122 Å². The Kier molecular flexibility index (Phi) is 8.44. The summed E-state index contributed by atoms with van der Waals surface area (Å²) in [5.41, 5.74) is 0.816. The molecule has 0 bridgehead atoms. The summed E-state index contributed by atoms with van der Waals surface area (Å²) in [5.74, 6) is -1.82. The molecule has 0 radical (unpaired) electrons. The van der Waals surface area contributed by atoms with Gasteiger partial charge in [-0.2, -0.15) is 0 Å². The molecule has 0 unspecified atom stereocenters. The Hall–Kier alpha value is -4.01. The second-order valence-electron chi connectivity index (χ2n) is 6.23. The van der Waals surface area contributed by atoms with E-state index in [4.69, 9.17) is 14.2 Å². The number of nitro benzene ring substituents is 1. The van der Waals surface area contributed by atoms with Gasteiger partial charge in [0.25, 0.3) is 5.69 Å². The molecule has 0 aliphatic carbocycles. The summed E-state index contributed by atoms with van der Waals surface area (Å²) in [4.78, 5) is 45.9.